The summed E-state index contributed by atoms with van der Waals surface area (Å²) in [5.41, 5.74) is 8.18. The number of nitrogens with zero attached hydrogens (tertiary/aromatic N) is 3. The molecule has 0 amide bonds. The lowest BCUT2D eigenvalue weighted by atomic mass is 9.77. The van der Waals surface area contributed by atoms with Crippen molar-refractivity contribution in [1.82, 2.24) is 9.97 Å². The third kappa shape index (κ3) is 7.15. The smallest absolute Gasteiger partial charge is 0.233 e. The van der Waals surface area contributed by atoms with Crippen molar-refractivity contribution in [2.45, 2.75) is 25.9 Å². The van der Waals surface area contributed by atoms with Crippen LogP contribution in [0.2, 0.25) is 5.02 Å². The fourth-order valence-corrected chi connectivity index (χ4v) is 4.11. The molecule has 3 N–H and O–H groups in total. The SMILES string of the molecule is CC(C)(c1ccc(OCc2ccnc(NSCCN)n2)cc1)c1cc(Cl)c(OCCCl)c(C#N)c1. The number of ether oxygens (including phenoxy) is 2. The van der Waals surface area contributed by atoms with E-state index in [0.29, 0.717) is 41.3 Å². The zero-order valence-corrected chi connectivity index (χ0v) is 21.9. The highest BCUT2D eigenvalue weighted by Crippen LogP contribution is 2.38. The first-order chi connectivity index (χ1) is 16.9. The van der Waals surface area contributed by atoms with E-state index in [9.17, 15) is 5.26 Å². The van der Waals surface area contributed by atoms with Crippen molar-refractivity contribution in [3.8, 4) is 17.6 Å². The molecule has 0 unspecified atom stereocenters. The molecule has 35 heavy (non-hydrogen) atoms. The first-order valence-electron chi connectivity index (χ1n) is 10.9. The number of hydrogen-bond donors (Lipinski definition) is 2. The van der Waals surface area contributed by atoms with Gasteiger partial charge >= 0.3 is 0 Å². The van der Waals surface area contributed by atoms with E-state index in [1.54, 1.807) is 6.20 Å². The van der Waals surface area contributed by atoms with Gasteiger partial charge in [-0.05, 0) is 53.4 Å². The molecule has 0 atom stereocenters. The molecule has 0 spiro atoms. The van der Waals surface area contributed by atoms with Gasteiger partial charge in [-0.1, -0.05) is 37.6 Å². The van der Waals surface area contributed by atoms with Crippen molar-refractivity contribution in [2.24, 2.45) is 5.73 Å². The average Bonchev–Trinajstić information content (AvgIpc) is 2.87. The fourth-order valence-electron chi connectivity index (χ4n) is 3.32. The summed E-state index contributed by atoms with van der Waals surface area (Å²) in [7, 11) is 0. The maximum absolute atomic E-state index is 9.61. The normalized spacial score (nSPS) is 11.1. The largest absolute Gasteiger partial charge is 0.489 e. The molecule has 2 aromatic carbocycles. The Bertz CT molecular complexity index is 1170. The van der Waals surface area contributed by atoms with Crippen LogP contribution >= 0.6 is 35.1 Å². The third-order valence-electron chi connectivity index (χ3n) is 5.27. The van der Waals surface area contributed by atoms with Gasteiger partial charge in [0, 0.05) is 23.9 Å². The Hall–Kier alpha value is -2.70. The Kier molecular flexibility index (Phi) is 9.87. The summed E-state index contributed by atoms with van der Waals surface area (Å²) < 4.78 is 14.6. The Balaban J connectivity index is 1.71. The number of rotatable bonds is 12. The number of halogens is 2. The lowest BCUT2D eigenvalue weighted by Crippen LogP contribution is -2.19. The van der Waals surface area contributed by atoms with Crippen LogP contribution in [0.25, 0.3) is 0 Å². The van der Waals surface area contributed by atoms with Gasteiger partial charge in [-0.15, -0.1) is 11.6 Å². The highest BCUT2D eigenvalue weighted by atomic mass is 35.5. The Morgan fingerprint density at radius 3 is 2.60 bits per heavy atom. The predicted molar refractivity (Wildman–Crippen MR) is 142 cm³/mol. The van der Waals surface area contributed by atoms with Gasteiger partial charge in [0.2, 0.25) is 5.95 Å². The average molecular weight is 532 g/mol. The van der Waals surface area contributed by atoms with Crippen LogP contribution in [0.4, 0.5) is 5.95 Å². The standard InChI is InChI=1S/C25H27Cl2N5O2S/c1-25(2,19-13-17(15-29)23(22(27)14-19)33-11-8-26)18-3-5-21(6-4-18)34-16-20-7-10-30-24(31-20)32-35-12-9-28/h3-7,10,13-14H,8-9,11-12,16,28H2,1-2H3,(H,30,31,32). The molecule has 184 valence electrons. The molecule has 10 heteroatoms. The van der Waals surface area contributed by atoms with Gasteiger partial charge in [0.05, 0.1) is 22.2 Å². The number of nitrogens with two attached hydrogens (primary N) is 1. The Morgan fingerprint density at radius 1 is 1.14 bits per heavy atom. The van der Waals surface area contributed by atoms with Crippen LogP contribution in [0.1, 0.15) is 36.2 Å². The van der Waals surface area contributed by atoms with E-state index in [-0.39, 0.29) is 6.61 Å². The van der Waals surface area contributed by atoms with E-state index in [4.69, 9.17) is 38.4 Å². The van der Waals surface area contributed by atoms with Crippen molar-refractivity contribution in [3.05, 3.63) is 76.1 Å². The van der Waals surface area contributed by atoms with Crippen LogP contribution in [0.15, 0.2) is 48.7 Å². The summed E-state index contributed by atoms with van der Waals surface area (Å²) >= 11 is 13.6. The number of alkyl halides is 1. The molecule has 1 heterocycles. The van der Waals surface area contributed by atoms with Crippen molar-refractivity contribution < 1.29 is 9.47 Å². The molecule has 0 aliphatic heterocycles. The summed E-state index contributed by atoms with van der Waals surface area (Å²) in [5, 5.41) is 9.99. The van der Waals surface area contributed by atoms with Crippen LogP contribution in [0.5, 0.6) is 11.5 Å². The predicted octanol–water partition coefficient (Wildman–Crippen LogP) is 5.54. The zero-order valence-electron chi connectivity index (χ0n) is 19.6. The molecule has 0 saturated heterocycles. The van der Waals surface area contributed by atoms with E-state index in [2.05, 4.69) is 34.6 Å². The highest BCUT2D eigenvalue weighted by Gasteiger charge is 2.26. The molecule has 3 rings (SSSR count). The minimum atomic E-state index is -0.410. The van der Waals surface area contributed by atoms with E-state index in [1.807, 2.05) is 42.5 Å². The lowest BCUT2D eigenvalue weighted by molar-refractivity contribution is 0.301. The number of nitriles is 1. The van der Waals surface area contributed by atoms with Crippen molar-refractivity contribution >= 4 is 41.1 Å². The summed E-state index contributed by atoms with van der Waals surface area (Å²) in [6.45, 7) is 5.32. The van der Waals surface area contributed by atoms with Gasteiger partial charge in [0.15, 0.2) is 5.75 Å². The first-order valence-corrected chi connectivity index (χ1v) is 12.8. The summed E-state index contributed by atoms with van der Waals surface area (Å²) in [6.07, 6.45) is 1.69. The van der Waals surface area contributed by atoms with E-state index in [0.717, 1.165) is 28.3 Å². The second-order valence-electron chi connectivity index (χ2n) is 8.03. The van der Waals surface area contributed by atoms with E-state index >= 15 is 0 Å². The molecule has 3 aromatic rings. The van der Waals surface area contributed by atoms with Gasteiger partial charge < -0.3 is 15.2 Å². The fraction of sp³-hybridized carbons (Fsp3) is 0.320. The molecular formula is C25H27Cl2N5O2S. The number of nitrogens with one attached hydrogen (secondary N) is 1. The first kappa shape index (κ1) is 26.9. The quantitative estimate of drug-likeness (QED) is 0.178. The van der Waals surface area contributed by atoms with Crippen LogP contribution in [-0.2, 0) is 12.0 Å². The van der Waals surface area contributed by atoms with Gasteiger partial charge in [0.1, 0.15) is 25.0 Å². The second-order valence-corrected chi connectivity index (χ2v) is 9.72. The maximum atomic E-state index is 9.61. The number of anilines is 1. The molecule has 7 nitrogen and oxygen atoms in total. The monoisotopic (exact) mass is 531 g/mol. The Labute approximate surface area is 220 Å². The topological polar surface area (TPSA) is 106 Å². The number of benzene rings is 2. The number of aromatic nitrogens is 2. The van der Waals surface area contributed by atoms with Crippen molar-refractivity contribution in [3.63, 3.8) is 0 Å². The van der Waals surface area contributed by atoms with Crippen molar-refractivity contribution in [1.29, 1.82) is 5.26 Å². The van der Waals surface area contributed by atoms with Gasteiger partial charge in [-0.25, -0.2) is 9.97 Å². The van der Waals surface area contributed by atoms with Crippen LogP contribution < -0.4 is 19.9 Å². The summed E-state index contributed by atoms with van der Waals surface area (Å²) in [4.78, 5) is 8.63. The van der Waals surface area contributed by atoms with Crippen LogP contribution in [0.3, 0.4) is 0 Å². The number of hydrogen-bond acceptors (Lipinski definition) is 8. The van der Waals surface area contributed by atoms with Crippen LogP contribution in [-0.4, -0.2) is 34.8 Å². The molecule has 0 aliphatic rings. The second kappa shape index (κ2) is 12.8. The molecule has 0 saturated carbocycles. The lowest BCUT2D eigenvalue weighted by Gasteiger charge is -2.27. The zero-order chi connectivity index (χ0) is 25.3. The van der Waals surface area contributed by atoms with Crippen molar-refractivity contribution in [2.75, 3.05) is 29.5 Å². The molecule has 0 aliphatic carbocycles. The highest BCUT2D eigenvalue weighted by molar-refractivity contribution is 8.00. The van der Waals surface area contributed by atoms with E-state index in [1.165, 1.54) is 11.9 Å². The minimum absolute atomic E-state index is 0.278. The van der Waals surface area contributed by atoms with Gasteiger partial charge in [-0.3, -0.25) is 4.72 Å². The molecule has 0 bridgehead atoms. The Morgan fingerprint density at radius 2 is 1.91 bits per heavy atom. The molecule has 0 radical (unpaired) electrons. The van der Waals surface area contributed by atoms with Crippen LogP contribution in [0, 0.1) is 11.3 Å². The van der Waals surface area contributed by atoms with Gasteiger partial charge in [0.25, 0.3) is 0 Å². The van der Waals surface area contributed by atoms with Gasteiger partial charge in [-0.2, -0.15) is 5.26 Å². The molecular weight excluding hydrogens is 505 g/mol. The minimum Gasteiger partial charge on any atom is -0.489 e. The third-order valence-corrected chi connectivity index (χ3v) is 6.47. The summed E-state index contributed by atoms with van der Waals surface area (Å²) in [6, 6.07) is 15.5. The summed E-state index contributed by atoms with van der Waals surface area (Å²) in [5.74, 6) is 2.68. The molecule has 1 aromatic heterocycles. The van der Waals surface area contributed by atoms with E-state index < -0.39 is 5.41 Å². The molecule has 0 fully saturated rings. The maximum Gasteiger partial charge on any atom is 0.233 e.